The lowest BCUT2D eigenvalue weighted by atomic mass is 9.97. The predicted molar refractivity (Wildman–Crippen MR) is 82.6 cm³/mol. The van der Waals surface area contributed by atoms with E-state index in [1.54, 1.807) is 7.11 Å². The summed E-state index contributed by atoms with van der Waals surface area (Å²) >= 11 is 6.25. The van der Waals surface area contributed by atoms with Gasteiger partial charge in [-0.2, -0.15) is 0 Å². The van der Waals surface area contributed by atoms with Crippen molar-refractivity contribution in [1.82, 2.24) is 9.97 Å². The van der Waals surface area contributed by atoms with E-state index in [0.717, 1.165) is 62.6 Å². The van der Waals surface area contributed by atoms with Gasteiger partial charge in [0, 0.05) is 38.8 Å². The molecule has 1 aliphatic rings. The number of anilines is 1. The van der Waals surface area contributed by atoms with Crippen molar-refractivity contribution in [3.05, 3.63) is 16.5 Å². The molecule has 0 amide bonds. The lowest BCUT2D eigenvalue weighted by Gasteiger charge is -2.33. The van der Waals surface area contributed by atoms with Gasteiger partial charge in [0.2, 0.25) is 0 Å². The molecule has 1 saturated heterocycles. The minimum absolute atomic E-state index is 0.595. The van der Waals surface area contributed by atoms with E-state index in [-0.39, 0.29) is 0 Å². The van der Waals surface area contributed by atoms with Crippen molar-refractivity contribution in [2.24, 2.45) is 5.92 Å². The molecule has 0 atom stereocenters. The second kappa shape index (κ2) is 7.23. The van der Waals surface area contributed by atoms with Gasteiger partial charge in [0.15, 0.2) is 0 Å². The van der Waals surface area contributed by atoms with Gasteiger partial charge in [0.25, 0.3) is 0 Å². The van der Waals surface area contributed by atoms with Crippen LogP contribution in [0, 0.1) is 12.8 Å². The monoisotopic (exact) mass is 297 g/mol. The summed E-state index contributed by atoms with van der Waals surface area (Å²) in [7, 11) is 1.78. The Bertz CT molecular complexity index is 445. The van der Waals surface area contributed by atoms with Crippen molar-refractivity contribution in [2.45, 2.75) is 39.5 Å². The van der Waals surface area contributed by atoms with Crippen LogP contribution in [0.15, 0.2) is 0 Å². The van der Waals surface area contributed by atoms with E-state index >= 15 is 0 Å². The molecule has 0 bridgehead atoms. The number of ether oxygens (including phenoxy) is 1. The van der Waals surface area contributed by atoms with E-state index in [4.69, 9.17) is 21.3 Å². The molecule has 2 heterocycles. The van der Waals surface area contributed by atoms with Crippen LogP contribution in [0.1, 0.15) is 37.6 Å². The molecular weight excluding hydrogens is 274 g/mol. The van der Waals surface area contributed by atoms with Crippen molar-refractivity contribution in [3.63, 3.8) is 0 Å². The number of rotatable bonds is 5. The van der Waals surface area contributed by atoms with E-state index in [9.17, 15) is 0 Å². The second-order valence-electron chi connectivity index (χ2n) is 5.52. The van der Waals surface area contributed by atoms with Crippen molar-refractivity contribution in [1.29, 1.82) is 0 Å². The zero-order valence-corrected chi connectivity index (χ0v) is 13.4. The minimum Gasteiger partial charge on any atom is -0.384 e. The van der Waals surface area contributed by atoms with Crippen LogP contribution in [-0.4, -0.2) is 36.8 Å². The molecule has 0 saturated carbocycles. The van der Waals surface area contributed by atoms with E-state index in [2.05, 4.69) is 16.8 Å². The molecule has 1 aromatic heterocycles. The number of nitrogens with zero attached hydrogens (tertiary/aromatic N) is 3. The normalized spacial score (nSPS) is 16.7. The summed E-state index contributed by atoms with van der Waals surface area (Å²) in [5.41, 5.74) is 0.997. The van der Waals surface area contributed by atoms with Crippen LogP contribution in [0.3, 0.4) is 0 Å². The first-order valence-corrected chi connectivity index (χ1v) is 7.80. The summed E-state index contributed by atoms with van der Waals surface area (Å²) < 4.78 is 5.25. The first-order valence-electron chi connectivity index (χ1n) is 7.42. The van der Waals surface area contributed by atoms with Gasteiger partial charge < -0.3 is 9.64 Å². The SMILES string of the molecule is CCCc1nc(Cl)c(C)c(N2CCC(COC)CC2)n1. The minimum atomic E-state index is 0.595. The molecule has 0 spiro atoms. The highest BCUT2D eigenvalue weighted by Gasteiger charge is 2.22. The van der Waals surface area contributed by atoms with Crippen molar-refractivity contribution in [3.8, 4) is 0 Å². The Kier molecular flexibility index (Phi) is 5.61. The summed E-state index contributed by atoms with van der Waals surface area (Å²) in [6.45, 7) is 7.04. The molecule has 0 aliphatic carbocycles. The van der Waals surface area contributed by atoms with Crippen LogP contribution in [-0.2, 0) is 11.2 Å². The van der Waals surface area contributed by atoms with Gasteiger partial charge in [-0.25, -0.2) is 9.97 Å². The van der Waals surface area contributed by atoms with Gasteiger partial charge in [-0.05, 0) is 32.1 Å². The Morgan fingerprint density at radius 3 is 2.60 bits per heavy atom. The number of methoxy groups -OCH3 is 1. The maximum Gasteiger partial charge on any atom is 0.137 e. The molecule has 0 radical (unpaired) electrons. The first kappa shape index (κ1) is 15.5. The number of aryl methyl sites for hydroxylation is 1. The topological polar surface area (TPSA) is 38.2 Å². The van der Waals surface area contributed by atoms with Gasteiger partial charge >= 0.3 is 0 Å². The highest BCUT2D eigenvalue weighted by molar-refractivity contribution is 6.30. The first-order chi connectivity index (χ1) is 9.65. The number of piperidine rings is 1. The van der Waals surface area contributed by atoms with E-state index in [1.165, 1.54) is 0 Å². The molecular formula is C15H24ClN3O. The molecule has 0 unspecified atom stereocenters. The third-order valence-electron chi connectivity index (χ3n) is 3.90. The number of aromatic nitrogens is 2. The third-order valence-corrected chi connectivity index (χ3v) is 4.27. The Hall–Kier alpha value is -0.870. The summed E-state index contributed by atoms with van der Waals surface area (Å²) in [6.07, 6.45) is 4.22. The molecule has 112 valence electrons. The zero-order valence-electron chi connectivity index (χ0n) is 12.7. The quantitative estimate of drug-likeness (QED) is 0.782. The molecule has 1 aromatic rings. The number of hydrogen-bond acceptors (Lipinski definition) is 4. The smallest absolute Gasteiger partial charge is 0.137 e. The second-order valence-corrected chi connectivity index (χ2v) is 5.87. The van der Waals surface area contributed by atoms with Gasteiger partial charge in [-0.1, -0.05) is 18.5 Å². The summed E-state index contributed by atoms with van der Waals surface area (Å²) in [6, 6.07) is 0. The lowest BCUT2D eigenvalue weighted by Crippen LogP contribution is -2.36. The molecule has 0 N–H and O–H groups in total. The maximum atomic E-state index is 6.25. The maximum absolute atomic E-state index is 6.25. The summed E-state index contributed by atoms with van der Waals surface area (Å²) in [5.74, 6) is 2.55. The fourth-order valence-corrected chi connectivity index (χ4v) is 2.89. The summed E-state index contributed by atoms with van der Waals surface area (Å²) in [4.78, 5) is 11.4. The van der Waals surface area contributed by atoms with Crippen LogP contribution in [0.25, 0.3) is 0 Å². The third kappa shape index (κ3) is 3.61. The van der Waals surface area contributed by atoms with Crippen LogP contribution in [0.4, 0.5) is 5.82 Å². The van der Waals surface area contributed by atoms with Gasteiger partial charge in [-0.3, -0.25) is 0 Å². The average molecular weight is 298 g/mol. The standard InChI is InChI=1S/C15H24ClN3O/c1-4-5-13-17-14(16)11(2)15(18-13)19-8-6-12(7-9-19)10-20-3/h12H,4-10H2,1-3H3. The predicted octanol–water partition coefficient (Wildman–Crippen LogP) is 3.25. The van der Waals surface area contributed by atoms with Crippen molar-refractivity contribution < 1.29 is 4.74 Å². The van der Waals surface area contributed by atoms with Crippen LogP contribution in [0.2, 0.25) is 5.15 Å². The molecule has 4 nitrogen and oxygen atoms in total. The molecule has 5 heteroatoms. The highest BCUT2D eigenvalue weighted by Crippen LogP contribution is 2.28. The fraction of sp³-hybridized carbons (Fsp3) is 0.733. The zero-order chi connectivity index (χ0) is 14.5. The van der Waals surface area contributed by atoms with E-state index in [0.29, 0.717) is 11.1 Å². The highest BCUT2D eigenvalue weighted by atomic mass is 35.5. The van der Waals surface area contributed by atoms with Gasteiger partial charge in [0.1, 0.15) is 16.8 Å². The van der Waals surface area contributed by atoms with Crippen molar-refractivity contribution >= 4 is 17.4 Å². The average Bonchev–Trinajstić information content (AvgIpc) is 2.44. The lowest BCUT2D eigenvalue weighted by molar-refractivity contribution is 0.139. The molecule has 2 rings (SSSR count). The molecule has 0 aromatic carbocycles. The molecule has 1 fully saturated rings. The molecule has 20 heavy (non-hydrogen) atoms. The van der Waals surface area contributed by atoms with Crippen LogP contribution in [0.5, 0.6) is 0 Å². The summed E-state index contributed by atoms with van der Waals surface area (Å²) in [5, 5.41) is 0.595. The van der Waals surface area contributed by atoms with Crippen LogP contribution >= 0.6 is 11.6 Å². The van der Waals surface area contributed by atoms with E-state index in [1.807, 2.05) is 6.92 Å². The van der Waals surface area contributed by atoms with Gasteiger partial charge in [-0.15, -0.1) is 0 Å². The molecule has 1 aliphatic heterocycles. The Morgan fingerprint density at radius 1 is 1.30 bits per heavy atom. The van der Waals surface area contributed by atoms with Crippen molar-refractivity contribution in [2.75, 3.05) is 31.7 Å². The Labute approximate surface area is 126 Å². The van der Waals surface area contributed by atoms with E-state index < -0.39 is 0 Å². The largest absolute Gasteiger partial charge is 0.384 e. The Morgan fingerprint density at radius 2 is 2.00 bits per heavy atom. The number of hydrogen-bond donors (Lipinski definition) is 0. The Balaban J connectivity index is 2.12. The fourth-order valence-electron chi connectivity index (χ4n) is 2.71. The number of halogens is 1. The van der Waals surface area contributed by atoms with Crippen LogP contribution < -0.4 is 4.90 Å². The van der Waals surface area contributed by atoms with Gasteiger partial charge in [0.05, 0.1) is 0 Å².